The Labute approximate surface area is 87.9 Å². The summed E-state index contributed by atoms with van der Waals surface area (Å²) in [7, 11) is 6.43. The second-order valence-corrected chi connectivity index (χ2v) is 4.35. The topological polar surface area (TPSA) is 6.48 Å². The number of likely N-dealkylation sites (N-methyl/N-ethyl adjacent to an activating group) is 2. The lowest BCUT2D eigenvalue weighted by Crippen LogP contribution is -2.28. The molecular weight excluding hydrogens is 172 g/mol. The predicted octanol–water partition coefficient (Wildman–Crippen LogP) is 2.10. The van der Waals surface area contributed by atoms with E-state index in [0.717, 1.165) is 13.1 Å². The maximum Gasteiger partial charge on any atom is 0.0299 e. The smallest absolute Gasteiger partial charge is 0.0299 e. The summed E-state index contributed by atoms with van der Waals surface area (Å²) in [6, 6.07) is 0. The number of hydrogen-bond donors (Lipinski definition) is 0. The van der Waals surface area contributed by atoms with Crippen molar-refractivity contribution in [3.8, 4) is 0 Å². The maximum atomic E-state index is 2.37. The number of rotatable bonds is 4. The Morgan fingerprint density at radius 1 is 1.21 bits per heavy atom. The van der Waals surface area contributed by atoms with Gasteiger partial charge in [-0.2, -0.15) is 0 Å². The molecular formula is C12H22N2. The molecule has 0 amide bonds. The van der Waals surface area contributed by atoms with E-state index in [2.05, 4.69) is 50.0 Å². The molecule has 1 aliphatic carbocycles. The molecule has 0 saturated heterocycles. The van der Waals surface area contributed by atoms with Crippen LogP contribution in [-0.2, 0) is 0 Å². The maximum absolute atomic E-state index is 2.37. The second kappa shape index (κ2) is 5.20. The fourth-order valence-electron chi connectivity index (χ4n) is 1.64. The third-order valence-corrected chi connectivity index (χ3v) is 2.63. The summed E-state index contributed by atoms with van der Waals surface area (Å²) in [5.41, 5.74) is 2.88. The van der Waals surface area contributed by atoms with Crippen molar-refractivity contribution in [2.24, 2.45) is 0 Å². The Morgan fingerprint density at radius 2 is 1.93 bits per heavy atom. The van der Waals surface area contributed by atoms with Crippen LogP contribution in [0.15, 0.2) is 23.4 Å². The molecule has 0 heterocycles. The van der Waals surface area contributed by atoms with Gasteiger partial charge in [0.15, 0.2) is 0 Å². The zero-order valence-electron chi connectivity index (χ0n) is 9.88. The Hall–Kier alpha value is -0.760. The molecule has 0 unspecified atom stereocenters. The van der Waals surface area contributed by atoms with E-state index in [1.165, 1.54) is 24.1 Å². The quantitative estimate of drug-likeness (QED) is 0.676. The molecule has 0 aliphatic heterocycles. The SMILES string of the molecule is CC1=CCCC(N(C)CCN(C)C)=C1. The van der Waals surface area contributed by atoms with Crippen LogP contribution >= 0.6 is 0 Å². The van der Waals surface area contributed by atoms with Crippen LogP contribution in [0, 0.1) is 0 Å². The number of hydrogen-bond acceptors (Lipinski definition) is 2. The molecule has 0 atom stereocenters. The van der Waals surface area contributed by atoms with E-state index in [1.807, 2.05) is 0 Å². The average Bonchev–Trinajstić information content (AvgIpc) is 2.14. The highest BCUT2D eigenvalue weighted by atomic mass is 15.2. The van der Waals surface area contributed by atoms with Crippen molar-refractivity contribution < 1.29 is 0 Å². The van der Waals surface area contributed by atoms with Gasteiger partial charge in [0.2, 0.25) is 0 Å². The van der Waals surface area contributed by atoms with Gasteiger partial charge < -0.3 is 9.80 Å². The highest BCUT2D eigenvalue weighted by molar-refractivity contribution is 5.25. The van der Waals surface area contributed by atoms with Crippen molar-refractivity contribution in [2.75, 3.05) is 34.2 Å². The molecule has 1 rings (SSSR count). The van der Waals surface area contributed by atoms with Gasteiger partial charge in [-0.1, -0.05) is 11.6 Å². The molecule has 14 heavy (non-hydrogen) atoms. The van der Waals surface area contributed by atoms with Gasteiger partial charge in [0.05, 0.1) is 0 Å². The Morgan fingerprint density at radius 3 is 2.50 bits per heavy atom. The molecule has 1 aliphatic rings. The van der Waals surface area contributed by atoms with Crippen LogP contribution < -0.4 is 0 Å². The summed E-state index contributed by atoms with van der Waals surface area (Å²) in [6.45, 7) is 4.42. The summed E-state index contributed by atoms with van der Waals surface area (Å²) < 4.78 is 0. The minimum atomic E-state index is 1.12. The standard InChI is InChI=1S/C12H22N2/c1-11-6-5-7-12(10-11)14(4)9-8-13(2)3/h6,10H,5,7-9H2,1-4H3. The van der Waals surface area contributed by atoms with Crippen LogP contribution in [0.3, 0.4) is 0 Å². The largest absolute Gasteiger partial charge is 0.377 e. The lowest BCUT2D eigenvalue weighted by Gasteiger charge is -2.26. The van der Waals surface area contributed by atoms with E-state index in [1.54, 1.807) is 0 Å². The lowest BCUT2D eigenvalue weighted by molar-refractivity contribution is 0.319. The Kier molecular flexibility index (Phi) is 4.21. The van der Waals surface area contributed by atoms with Crippen molar-refractivity contribution in [2.45, 2.75) is 19.8 Å². The molecule has 0 aromatic heterocycles. The first kappa shape index (κ1) is 11.3. The van der Waals surface area contributed by atoms with Crippen molar-refractivity contribution >= 4 is 0 Å². The first-order valence-electron chi connectivity index (χ1n) is 5.33. The van der Waals surface area contributed by atoms with E-state index < -0.39 is 0 Å². The fraction of sp³-hybridized carbons (Fsp3) is 0.667. The molecule has 0 radical (unpaired) electrons. The van der Waals surface area contributed by atoms with Gasteiger partial charge in [-0.3, -0.25) is 0 Å². The monoisotopic (exact) mass is 194 g/mol. The number of nitrogens with zero attached hydrogens (tertiary/aromatic N) is 2. The van der Waals surface area contributed by atoms with Crippen molar-refractivity contribution in [3.05, 3.63) is 23.4 Å². The van der Waals surface area contributed by atoms with E-state index in [4.69, 9.17) is 0 Å². The van der Waals surface area contributed by atoms with Gasteiger partial charge in [-0.05, 0) is 39.9 Å². The molecule has 0 spiro atoms. The van der Waals surface area contributed by atoms with Gasteiger partial charge in [-0.15, -0.1) is 0 Å². The Bertz CT molecular complexity index is 239. The van der Waals surface area contributed by atoms with Crippen LogP contribution in [0.2, 0.25) is 0 Å². The van der Waals surface area contributed by atoms with E-state index >= 15 is 0 Å². The summed E-state index contributed by atoms with van der Waals surface area (Å²) in [5, 5.41) is 0. The van der Waals surface area contributed by atoms with E-state index in [-0.39, 0.29) is 0 Å². The van der Waals surface area contributed by atoms with Crippen LogP contribution in [-0.4, -0.2) is 44.0 Å². The van der Waals surface area contributed by atoms with Gasteiger partial charge in [0, 0.05) is 25.8 Å². The molecule has 0 saturated carbocycles. The van der Waals surface area contributed by atoms with Gasteiger partial charge >= 0.3 is 0 Å². The van der Waals surface area contributed by atoms with Gasteiger partial charge in [0.1, 0.15) is 0 Å². The number of allylic oxidation sites excluding steroid dienone is 4. The minimum Gasteiger partial charge on any atom is -0.377 e. The third kappa shape index (κ3) is 3.54. The van der Waals surface area contributed by atoms with Crippen molar-refractivity contribution in [1.82, 2.24) is 9.80 Å². The van der Waals surface area contributed by atoms with Crippen LogP contribution in [0.4, 0.5) is 0 Å². The van der Waals surface area contributed by atoms with E-state index in [0.29, 0.717) is 0 Å². The lowest BCUT2D eigenvalue weighted by atomic mass is 10.0. The molecule has 0 aromatic rings. The molecule has 2 heteroatoms. The highest BCUT2D eigenvalue weighted by Crippen LogP contribution is 2.18. The van der Waals surface area contributed by atoms with E-state index in [9.17, 15) is 0 Å². The Balaban J connectivity index is 2.44. The van der Waals surface area contributed by atoms with Crippen molar-refractivity contribution in [1.29, 1.82) is 0 Å². The molecule has 2 nitrogen and oxygen atoms in total. The third-order valence-electron chi connectivity index (χ3n) is 2.63. The summed E-state index contributed by atoms with van der Waals surface area (Å²) in [4.78, 5) is 4.60. The first-order chi connectivity index (χ1) is 6.59. The molecule has 0 bridgehead atoms. The van der Waals surface area contributed by atoms with Gasteiger partial charge in [0.25, 0.3) is 0 Å². The molecule has 0 N–H and O–H groups in total. The molecule has 0 fully saturated rings. The summed E-state index contributed by atoms with van der Waals surface area (Å²) >= 11 is 0. The normalized spacial score (nSPS) is 16.6. The fourth-order valence-corrected chi connectivity index (χ4v) is 1.64. The summed E-state index contributed by atoms with van der Waals surface area (Å²) in [6.07, 6.45) is 7.01. The predicted molar refractivity (Wildman–Crippen MR) is 62.3 cm³/mol. The molecule has 0 aromatic carbocycles. The minimum absolute atomic E-state index is 1.12. The highest BCUT2D eigenvalue weighted by Gasteiger charge is 2.07. The van der Waals surface area contributed by atoms with Crippen LogP contribution in [0.25, 0.3) is 0 Å². The van der Waals surface area contributed by atoms with Crippen molar-refractivity contribution in [3.63, 3.8) is 0 Å². The average molecular weight is 194 g/mol. The van der Waals surface area contributed by atoms with Crippen LogP contribution in [0.5, 0.6) is 0 Å². The summed E-state index contributed by atoms with van der Waals surface area (Å²) in [5.74, 6) is 0. The van der Waals surface area contributed by atoms with Crippen LogP contribution in [0.1, 0.15) is 19.8 Å². The van der Waals surface area contributed by atoms with Gasteiger partial charge in [-0.25, -0.2) is 0 Å². The second-order valence-electron chi connectivity index (χ2n) is 4.35. The molecule has 80 valence electrons. The first-order valence-corrected chi connectivity index (χ1v) is 5.33. The zero-order valence-corrected chi connectivity index (χ0v) is 9.88. The zero-order chi connectivity index (χ0) is 10.6.